The van der Waals surface area contributed by atoms with Crippen LogP contribution in [0.4, 0.5) is 5.13 Å². The van der Waals surface area contributed by atoms with Crippen LogP contribution < -0.4 is 4.90 Å². The Bertz CT molecular complexity index is 815. The van der Waals surface area contributed by atoms with E-state index in [1.54, 1.807) is 0 Å². The quantitative estimate of drug-likeness (QED) is 0.805. The zero-order valence-corrected chi connectivity index (χ0v) is 15.5. The zero-order chi connectivity index (χ0) is 16.7. The lowest BCUT2D eigenvalue weighted by atomic mass is 10.1. The molecule has 2 heterocycles. The molecule has 1 fully saturated rings. The summed E-state index contributed by atoms with van der Waals surface area (Å²) in [6.45, 7) is 4.80. The average molecular weight is 371 g/mol. The summed E-state index contributed by atoms with van der Waals surface area (Å²) in [6, 6.07) is 7.61. The van der Waals surface area contributed by atoms with Crippen LogP contribution in [0.3, 0.4) is 0 Å². The number of hydrogen-bond donors (Lipinski definition) is 0. The van der Waals surface area contributed by atoms with Crippen LogP contribution in [0.5, 0.6) is 0 Å². The van der Waals surface area contributed by atoms with E-state index in [0.717, 1.165) is 16.4 Å². The molecule has 1 aliphatic heterocycles. The fraction of sp³-hybridized carbons (Fsp3) is 0.438. The Hall–Kier alpha value is -1.11. The van der Waals surface area contributed by atoms with Crippen LogP contribution in [0.15, 0.2) is 29.6 Å². The Morgan fingerprint density at radius 2 is 2.00 bits per heavy atom. The standard InChI is InChI=1S/C16H19ClN2O2S2/c1-16(2)7-8-19(9-10-23(16,20)21)15-18-14(11-22-15)12-5-3-4-6-13(12)17/h3-6,11H,7-10H2,1-2H3. The summed E-state index contributed by atoms with van der Waals surface area (Å²) in [7, 11) is -3.08. The third-order valence-corrected chi connectivity index (χ3v) is 8.21. The fourth-order valence-electron chi connectivity index (χ4n) is 2.57. The molecule has 23 heavy (non-hydrogen) atoms. The highest BCUT2D eigenvalue weighted by molar-refractivity contribution is 7.92. The topological polar surface area (TPSA) is 50.3 Å². The first-order chi connectivity index (χ1) is 10.8. The Kier molecular flexibility index (Phi) is 4.42. The number of thiazole rings is 1. The molecule has 0 radical (unpaired) electrons. The predicted molar refractivity (Wildman–Crippen MR) is 97.3 cm³/mol. The number of benzene rings is 1. The molecule has 0 amide bonds. The van der Waals surface area contributed by atoms with Gasteiger partial charge >= 0.3 is 0 Å². The van der Waals surface area contributed by atoms with Crippen molar-refractivity contribution in [3.05, 3.63) is 34.7 Å². The van der Waals surface area contributed by atoms with E-state index in [1.165, 1.54) is 11.3 Å². The van der Waals surface area contributed by atoms with Gasteiger partial charge in [-0.05, 0) is 26.3 Å². The molecule has 0 N–H and O–H groups in total. The van der Waals surface area contributed by atoms with Crippen LogP contribution in [0.2, 0.25) is 5.02 Å². The SMILES string of the molecule is CC1(C)CCN(c2nc(-c3ccccc3Cl)cs2)CCS1(=O)=O. The van der Waals surface area contributed by atoms with Crippen LogP contribution >= 0.6 is 22.9 Å². The van der Waals surface area contributed by atoms with Gasteiger partial charge in [-0.3, -0.25) is 0 Å². The van der Waals surface area contributed by atoms with E-state index in [4.69, 9.17) is 11.6 Å². The van der Waals surface area contributed by atoms with Crippen molar-refractivity contribution in [2.75, 3.05) is 23.7 Å². The van der Waals surface area contributed by atoms with Crippen molar-refractivity contribution < 1.29 is 8.42 Å². The molecule has 0 atom stereocenters. The van der Waals surface area contributed by atoms with Gasteiger partial charge in [-0.15, -0.1) is 11.3 Å². The van der Waals surface area contributed by atoms with Crippen LogP contribution in [0.25, 0.3) is 11.3 Å². The first-order valence-corrected chi connectivity index (χ1v) is 10.4. The molecule has 2 aromatic rings. The molecule has 3 rings (SSSR count). The summed E-state index contributed by atoms with van der Waals surface area (Å²) in [5, 5.41) is 3.50. The van der Waals surface area contributed by atoms with E-state index in [-0.39, 0.29) is 5.75 Å². The van der Waals surface area contributed by atoms with Crippen LogP contribution in [0.1, 0.15) is 20.3 Å². The van der Waals surface area contributed by atoms with Gasteiger partial charge in [-0.25, -0.2) is 13.4 Å². The van der Waals surface area contributed by atoms with Gasteiger partial charge in [0.25, 0.3) is 0 Å². The lowest BCUT2D eigenvalue weighted by molar-refractivity contribution is 0.538. The second kappa shape index (κ2) is 6.07. The van der Waals surface area contributed by atoms with Gasteiger partial charge < -0.3 is 4.90 Å². The fourth-order valence-corrected chi connectivity index (χ4v) is 5.10. The molecule has 0 aliphatic carbocycles. The van der Waals surface area contributed by atoms with Crippen molar-refractivity contribution in [1.82, 2.24) is 4.98 Å². The lowest BCUT2D eigenvalue weighted by Crippen LogP contribution is -2.33. The zero-order valence-electron chi connectivity index (χ0n) is 13.1. The van der Waals surface area contributed by atoms with Gasteiger partial charge in [-0.2, -0.15) is 0 Å². The van der Waals surface area contributed by atoms with Crippen LogP contribution in [-0.4, -0.2) is 37.0 Å². The molecule has 124 valence electrons. The monoisotopic (exact) mass is 370 g/mol. The van der Waals surface area contributed by atoms with Gasteiger partial charge in [-0.1, -0.05) is 29.8 Å². The summed E-state index contributed by atoms with van der Waals surface area (Å²) >= 11 is 7.76. The maximum atomic E-state index is 12.3. The maximum absolute atomic E-state index is 12.3. The lowest BCUT2D eigenvalue weighted by Gasteiger charge is -2.22. The van der Waals surface area contributed by atoms with E-state index in [0.29, 0.717) is 24.5 Å². The largest absolute Gasteiger partial charge is 0.347 e. The van der Waals surface area contributed by atoms with Gasteiger partial charge in [0.05, 0.1) is 16.2 Å². The van der Waals surface area contributed by atoms with Crippen LogP contribution in [0, 0.1) is 0 Å². The molecule has 0 saturated carbocycles. The third kappa shape index (κ3) is 3.25. The summed E-state index contributed by atoms with van der Waals surface area (Å²) in [6.07, 6.45) is 0.607. The molecule has 0 spiro atoms. The molecule has 1 aromatic carbocycles. The van der Waals surface area contributed by atoms with Gasteiger partial charge in [0.15, 0.2) is 15.0 Å². The van der Waals surface area contributed by atoms with Crippen molar-refractivity contribution in [2.24, 2.45) is 0 Å². The third-order valence-electron chi connectivity index (χ3n) is 4.37. The molecular formula is C16H19ClN2O2S2. The molecular weight excluding hydrogens is 352 g/mol. The summed E-state index contributed by atoms with van der Waals surface area (Å²) < 4.78 is 23.9. The minimum Gasteiger partial charge on any atom is -0.347 e. The number of anilines is 1. The molecule has 7 heteroatoms. The summed E-state index contributed by atoms with van der Waals surface area (Å²) in [5.41, 5.74) is 1.74. The second-order valence-electron chi connectivity index (χ2n) is 6.31. The molecule has 4 nitrogen and oxygen atoms in total. The number of rotatable bonds is 2. The number of halogens is 1. The van der Waals surface area contributed by atoms with Crippen molar-refractivity contribution in [2.45, 2.75) is 25.0 Å². The van der Waals surface area contributed by atoms with Crippen molar-refractivity contribution in [3.63, 3.8) is 0 Å². The van der Waals surface area contributed by atoms with E-state index in [1.807, 2.05) is 43.5 Å². The summed E-state index contributed by atoms with van der Waals surface area (Å²) in [5.74, 6) is 0.168. The second-order valence-corrected chi connectivity index (χ2v) is 10.3. The van der Waals surface area contributed by atoms with E-state index in [2.05, 4.69) is 9.88 Å². The predicted octanol–water partition coefficient (Wildman–Crippen LogP) is 3.87. The number of hydrogen-bond acceptors (Lipinski definition) is 5. The van der Waals surface area contributed by atoms with Crippen molar-refractivity contribution in [3.8, 4) is 11.3 Å². The Balaban J connectivity index is 1.86. The van der Waals surface area contributed by atoms with E-state index < -0.39 is 14.6 Å². The minimum absolute atomic E-state index is 0.168. The smallest absolute Gasteiger partial charge is 0.185 e. The van der Waals surface area contributed by atoms with Crippen molar-refractivity contribution >= 4 is 37.9 Å². The van der Waals surface area contributed by atoms with E-state index >= 15 is 0 Å². The number of sulfone groups is 1. The molecule has 0 bridgehead atoms. The number of nitrogens with zero attached hydrogens (tertiary/aromatic N) is 2. The van der Waals surface area contributed by atoms with E-state index in [9.17, 15) is 8.42 Å². The Morgan fingerprint density at radius 1 is 1.26 bits per heavy atom. The normalized spacial score (nSPS) is 20.2. The highest BCUT2D eigenvalue weighted by Gasteiger charge is 2.37. The molecule has 1 aromatic heterocycles. The molecule has 0 unspecified atom stereocenters. The molecule has 1 saturated heterocycles. The van der Waals surface area contributed by atoms with Gasteiger partial charge in [0.1, 0.15) is 0 Å². The highest BCUT2D eigenvalue weighted by Crippen LogP contribution is 2.33. The highest BCUT2D eigenvalue weighted by atomic mass is 35.5. The minimum atomic E-state index is -3.08. The Labute approximate surface area is 146 Å². The molecule has 1 aliphatic rings. The van der Waals surface area contributed by atoms with Gasteiger partial charge in [0, 0.05) is 29.1 Å². The Morgan fingerprint density at radius 3 is 2.74 bits per heavy atom. The summed E-state index contributed by atoms with van der Waals surface area (Å²) in [4.78, 5) is 6.73. The first-order valence-electron chi connectivity index (χ1n) is 7.48. The average Bonchev–Trinajstić information content (AvgIpc) is 2.93. The number of aromatic nitrogens is 1. The first kappa shape index (κ1) is 16.7. The van der Waals surface area contributed by atoms with Gasteiger partial charge in [0.2, 0.25) is 0 Å². The maximum Gasteiger partial charge on any atom is 0.185 e. The van der Waals surface area contributed by atoms with Crippen LogP contribution in [-0.2, 0) is 9.84 Å². The van der Waals surface area contributed by atoms with Crippen molar-refractivity contribution in [1.29, 1.82) is 0 Å².